The zero-order valence-electron chi connectivity index (χ0n) is 9.35. The lowest BCUT2D eigenvalue weighted by atomic mass is 10.2. The average Bonchev–Trinajstić information content (AvgIpc) is 2.30. The van der Waals surface area contributed by atoms with Crippen LogP contribution in [0.3, 0.4) is 0 Å². The number of benzene rings is 1. The first-order chi connectivity index (χ1) is 7.68. The highest BCUT2D eigenvalue weighted by molar-refractivity contribution is 5.73. The quantitative estimate of drug-likeness (QED) is 0.718. The molecule has 0 N–H and O–H groups in total. The molecule has 1 aromatic rings. The first-order valence-electron chi connectivity index (χ1n) is 5.45. The Morgan fingerprint density at radius 2 is 1.75 bits per heavy atom. The van der Waals surface area contributed by atoms with E-state index in [1.54, 1.807) is 19.1 Å². The number of piperazine rings is 1. The van der Waals surface area contributed by atoms with Gasteiger partial charge in [-0.3, -0.25) is 9.90 Å². The van der Waals surface area contributed by atoms with Crippen molar-refractivity contribution in [1.29, 1.82) is 0 Å². The second-order valence-electron chi connectivity index (χ2n) is 3.96. The molecule has 0 spiro atoms. The predicted molar refractivity (Wildman–Crippen MR) is 61.0 cm³/mol. The molecule has 0 aromatic heterocycles. The maximum Gasteiger partial charge on any atom is 0.219 e. The van der Waals surface area contributed by atoms with Crippen LogP contribution in [0.15, 0.2) is 24.3 Å². The number of carbonyl (C=O) groups excluding carboxylic acids is 1. The molecule has 16 heavy (non-hydrogen) atoms. The minimum Gasteiger partial charge on any atom is -0.365 e. The summed E-state index contributed by atoms with van der Waals surface area (Å²) in [4.78, 5) is 15.0. The van der Waals surface area contributed by atoms with Crippen LogP contribution in [0.2, 0.25) is 0 Å². The highest BCUT2D eigenvalue weighted by atomic mass is 16.3. The van der Waals surface area contributed by atoms with Gasteiger partial charge in [0.15, 0.2) is 0 Å². The fraction of sp³-hybridized carbons (Fsp3) is 0.417. The number of para-hydroxylation sites is 2. The van der Waals surface area contributed by atoms with Gasteiger partial charge in [0.1, 0.15) is 0 Å². The molecule has 1 radical (unpaired) electrons. The Kier molecular flexibility index (Phi) is 2.99. The molecule has 0 saturated carbocycles. The summed E-state index contributed by atoms with van der Waals surface area (Å²) in [6, 6.07) is 7.03. The van der Waals surface area contributed by atoms with E-state index in [0.717, 1.165) is 18.8 Å². The lowest BCUT2D eigenvalue weighted by Crippen LogP contribution is -2.48. The van der Waals surface area contributed by atoms with Crippen molar-refractivity contribution in [2.24, 2.45) is 0 Å². The van der Waals surface area contributed by atoms with Crippen molar-refractivity contribution in [1.82, 2.24) is 4.90 Å². The molecule has 1 aromatic carbocycles. The molecule has 0 atom stereocenters. The summed E-state index contributed by atoms with van der Waals surface area (Å²) in [6.45, 7) is 4.45. The van der Waals surface area contributed by atoms with Gasteiger partial charge in [0.05, 0.1) is 5.69 Å². The van der Waals surface area contributed by atoms with Crippen molar-refractivity contribution in [3.63, 3.8) is 0 Å². The van der Waals surface area contributed by atoms with E-state index in [2.05, 4.69) is 0 Å². The summed E-state index contributed by atoms with van der Waals surface area (Å²) in [5.41, 5.74) is 0.741. The van der Waals surface area contributed by atoms with Gasteiger partial charge >= 0.3 is 0 Å². The van der Waals surface area contributed by atoms with Crippen LogP contribution in [0.25, 0.3) is 0 Å². The average molecular weight is 219 g/mol. The van der Waals surface area contributed by atoms with E-state index in [4.69, 9.17) is 0 Å². The molecule has 0 bridgehead atoms. The molecule has 1 fully saturated rings. The van der Waals surface area contributed by atoms with Crippen LogP contribution in [0, 0.1) is 0 Å². The van der Waals surface area contributed by atoms with Crippen molar-refractivity contribution >= 4 is 11.6 Å². The Morgan fingerprint density at radius 1 is 1.12 bits per heavy atom. The van der Waals surface area contributed by atoms with E-state index in [1.807, 2.05) is 21.9 Å². The van der Waals surface area contributed by atoms with E-state index in [9.17, 15) is 9.90 Å². The maximum absolute atomic E-state index is 11.6. The molecule has 0 unspecified atom stereocenters. The Morgan fingerprint density at radius 3 is 2.31 bits per heavy atom. The van der Waals surface area contributed by atoms with Gasteiger partial charge in [-0.05, 0) is 12.1 Å². The lowest BCUT2D eigenvalue weighted by Gasteiger charge is -2.35. The summed E-state index contributed by atoms with van der Waals surface area (Å²) >= 11 is 0. The highest BCUT2D eigenvalue weighted by Gasteiger charge is 2.20. The predicted octanol–water partition coefficient (Wildman–Crippen LogP) is 1.50. The molecule has 4 nitrogen and oxygen atoms in total. The van der Waals surface area contributed by atoms with Gasteiger partial charge in [-0.1, -0.05) is 12.1 Å². The van der Waals surface area contributed by atoms with Crippen molar-refractivity contribution in [2.75, 3.05) is 31.1 Å². The highest BCUT2D eigenvalue weighted by Crippen LogP contribution is 2.27. The van der Waals surface area contributed by atoms with E-state index in [-0.39, 0.29) is 11.7 Å². The standard InChI is InChI=1S/C12H15N2O2/c1-10(15)13-6-8-14(9-7-13)11-4-2-3-5-12(11)16/h2-5H,6-9H2,1H3. The molecule has 2 rings (SSSR count). The number of hydrogen-bond donors (Lipinski definition) is 0. The summed E-state index contributed by atoms with van der Waals surface area (Å²) in [7, 11) is 0. The van der Waals surface area contributed by atoms with Crippen molar-refractivity contribution in [3.8, 4) is 5.75 Å². The van der Waals surface area contributed by atoms with Gasteiger partial charge in [0, 0.05) is 33.1 Å². The van der Waals surface area contributed by atoms with Gasteiger partial charge in [-0.25, -0.2) is 0 Å². The first kappa shape index (κ1) is 10.8. The number of amides is 1. The SMILES string of the molecule is CC(=O)N1CCN(c2ccccc2[O])CC1. The molecule has 0 aliphatic carbocycles. The summed E-state index contributed by atoms with van der Waals surface area (Å²) < 4.78 is 0. The Balaban J connectivity index is 2.05. The molecule has 85 valence electrons. The normalized spacial score (nSPS) is 16.3. The molecule has 1 amide bonds. The lowest BCUT2D eigenvalue weighted by molar-refractivity contribution is -0.129. The zero-order chi connectivity index (χ0) is 11.5. The fourth-order valence-corrected chi connectivity index (χ4v) is 1.98. The van der Waals surface area contributed by atoms with Crippen molar-refractivity contribution in [2.45, 2.75) is 6.92 Å². The minimum absolute atomic E-state index is 0.0544. The third-order valence-corrected chi connectivity index (χ3v) is 2.93. The van der Waals surface area contributed by atoms with E-state index >= 15 is 0 Å². The molecular weight excluding hydrogens is 204 g/mol. The monoisotopic (exact) mass is 219 g/mol. The van der Waals surface area contributed by atoms with Gasteiger partial charge in [0.2, 0.25) is 11.7 Å². The van der Waals surface area contributed by atoms with Crippen molar-refractivity contribution < 1.29 is 9.90 Å². The van der Waals surface area contributed by atoms with Crippen LogP contribution in [0.4, 0.5) is 5.69 Å². The summed E-state index contributed by atoms with van der Waals surface area (Å²) in [5, 5.41) is 11.6. The van der Waals surface area contributed by atoms with E-state index < -0.39 is 0 Å². The third kappa shape index (κ3) is 2.10. The molecule has 4 heteroatoms. The second kappa shape index (κ2) is 4.43. The number of hydrogen-bond acceptors (Lipinski definition) is 2. The number of rotatable bonds is 1. The van der Waals surface area contributed by atoms with Crippen molar-refractivity contribution in [3.05, 3.63) is 24.3 Å². The van der Waals surface area contributed by atoms with Crippen LogP contribution in [0.1, 0.15) is 6.92 Å². The zero-order valence-corrected chi connectivity index (χ0v) is 9.35. The largest absolute Gasteiger partial charge is 0.365 e. The first-order valence-corrected chi connectivity index (χ1v) is 5.45. The van der Waals surface area contributed by atoms with Gasteiger partial charge in [0.25, 0.3) is 0 Å². The van der Waals surface area contributed by atoms with Crippen LogP contribution < -0.4 is 4.90 Å². The van der Waals surface area contributed by atoms with Crippen LogP contribution in [-0.4, -0.2) is 37.0 Å². The smallest absolute Gasteiger partial charge is 0.219 e. The van der Waals surface area contributed by atoms with Crippen LogP contribution in [-0.2, 0) is 9.90 Å². The Labute approximate surface area is 95.1 Å². The molecule has 1 heterocycles. The maximum atomic E-state index is 11.6. The number of carbonyl (C=O) groups is 1. The Hall–Kier alpha value is -1.71. The van der Waals surface area contributed by atoms with Gasteiger partial charge in [-0.2, -0.15) is 0 Å². The topological polar surface area (TPSA) is 43.5 Å². The summed E-state index contributed by atoms with van der Waals surface area (Å²) in [6.07, 6.45) is 0. The van der Waals surface area contributed by atoms with Crippen LogP contribution >= 0.6 is 0 Å². The van der Waals surface area contributed by atoms with E-state index in [1.165, 1.54) is 0 Å². The van der Waals surface area contributed by atoms with E-state index in [0.29, 0.717) is 13.1 Å². The fourth-order valence-electron chi connectivity index (χ4n) is 1.98. The van der Waals surface area contributed by atoms with Gasteiger partial charge < -0.3 is 9.80 Å². The van der Waals surface area contributed by atoms with Gasteiger partial charge in [-0.15, -0.1) is 0 Å². The number of anilines is 1. The molecular formula is C12H15N2O2. The third-order valence-electron chi connectivity index (χ3n) is 2.93. The summed E-state index contributed by atoms with van der Waals surface area (Å²) in [5.74, 6) is 0.161. The Bertz CT molecular complexity index is 384. The molecule has 1 aliphatic rings. The molecule has 1 saturated heterocycles. The second-order valence-corrected chi connectivity index (χ2v) is 3.96. The van der Waals surface area contributed by atoms with Crippen LogP contribution in [0.5, 0.6) is 5.75 Å². The number of nitrogens with zero attached hydrogens (tertiary/aromatic N) is 2. The molecule has 1 aliphatic heterocycles. The minimum atomic E-state index is 0.0544.